The lowest BCUT2D eigenvalue weighted by Crippen LogP contribution is -2.52. The lowest BCUT2D eigenvalue weighted by Gasteiger charge is -2.21. The van der Waals surface area contributed by atoms with Gasteiger partial charge in [0.25, 0.3) is 5.91 Å². The summed E-state index contributed by atoms with van der Waals surface area (Å²) in [6.45, 7) is 0. The van der Waals surface area contributed by atoms with Crippen LogP contribution >= 0.6 is 0 Å². The van der Waals surface area contributed by atoms with Crippen LogP contribution in [-0.2, 0) is 9.59 Å². The van der Waals surface area contributed by atoms with Gasteiger partial charge in [0.05, 0.1) is 0 Å². The molecule has 1 unspecified atom stereocenters. The van der Waals surface area contributed by atoms with Gasteiger partial charge in [-0.2, -0.15) is 0 Å². The molecule has 7 nitrogen and oxygen atoms in total. The molecule has 0 aliphatic carbocycles. The zero-order chi connectivity index (χ0) is 12.3. The molecule has 1 aromatic rings. The van der Waals surface area contributed by atoms with Gasteiger partial charge in [-0.1, -0.05) is 0 Å². The van der Waals surface area contributed by atoms with Crippen LogP contribution in [0.3, 0.4) is 0 Å². The summed E-state index contributed by atoms with van der Waals surface area (Å²) in [5.74, 6) is -1.35. The van der Waals surface area contributed by atoms with Crippen LogP contribution in [0.5, 0.6) is 0 Å². The highest BCUT2D eigenvalue weighted by atomic mass is 16.2. The SMILES string of the molecule is O=C1CCC(NC(=O)c2ncccn2)C(=O)N1. The van der Waals surface area contributed by atoms with Gasteiger partial charge in [-0.25, -0.2) is 9.97 Å². The topological polar surface area (TPSA) is 101 Å². The molecule has 3 amide bonds. The Bertz CT molecular complexity index is 460. The lowest BCUT2D eigenvalue weighted by atomic mass is 10.1. The first-order valence-corrected chi connectivity index (χ1v) is 5.08. The third-order valence-corrected chi connectivity index (χ3v) is 2.31. The van der Waals surface area contributed by atoms with Crippen molar-refractivity contribution in [3.8, 4) is 0 Å². The standard InChI is InChI=1S/C10H10N4O3/c15-7-3-2-6(9(16)14-7)13-10(17)8-11-4-1-5-12-8/h1,4-6H,2-3H2,(H,13,17)(H,14,15,16). The average molecular weight is 234 g/mol. The Labute approximate surface area is 96.6 Å². The lowest BCUT2D eigenvalue weighted by molar-refractivity contribution is -0.134. The number of nitrogens with one attached hydrogen (secondary N) is 2. The molecule has 0 spiro atoms. The van der Waals surface area contributed by atoms with Crippen LogP contribution in [0.25, 0.3) is 0 Å². The van der Waals surface area contributed by atoms with E-state index < -0.39 is 17.9 Å². The summed E-state index contributed by atoms with van der Waals surface area (Å²) < 4.78 is 0. The minimum absolute atomic E-state index is 0.00259. The minimum Gasteiger partial charge on any atom is -0.337 e. The number of imide groups is 1. The van der Waals surface area contributed by atoms with Crippen molar-refractivity contribution < 1.29 is 14.4 Å². The summed E-state index contributed by atoms with van der Waals surface area (Å²) in [6.07, 6.45) is 3.38. The maximum Gasteiger partial charge on any atom is 0.289 e. The predicted molar refractivity (Wildman–Crippen MR) is 55.7 cm³/mol. The van der Waals surface area contributed by atoms with Crippen molar-refractivity contribution >= 4 is 17.7 Å². The van der Waals surface area contributed by atoms with E-state index in [1.54, 1.807) is 6.07 Å². The highest BCUT2D eigenvalue weighted by Crippen LogP contribution is 2.04. The van der Waals surface area contributed by atoms with Gasteiger partial charge in [0.1, 0.15) is 6.04 Å². The van der Waals surface area contributed by atoms with E-state index in [9.17, 15) is 14.4 Å². The van der Waals surface area contributed by atoms with E-state index in [0.29, 0.717) is 6.42 Å². The maximum atomic E-state index is 11.6. The molecule has 2 rings (SSSR count). The van der Waals surface area contributed by atoms with Crippen molar-refractivity contribution in [3.05, 3.63) is 24.3 Å². The van der Waals surface area contributed by atoms with E-state index in [4.69, 9.17) is 0 Å². The summed E-state index contributed by atoms with van der Waals surface area (Å²) in [4.78, 5) is 41.5. The van der Waals surface area contributed by atoms with Crippen LogP contribution in [0, 0.1) is 0 Å². The van der Waals surface area contributed by atoms with Gasteiger partial charge >= 0.3 is 0 Å². The highest BCUT2D eigenvalue weighted by Gasteiger charge is 2.28. The zero-order valence-corrected chi connectivity index (χ0v) is 8.84. The number of nitrogens with zero attached hydrogens (tertiary/aromatic N) is 2. The molecular weight excluding hydrogens is 224 g/mol. The smallest absolute Gasteiger partial charge is 0.289 e. The van der Waals surface area contributed by atoms with Crippen LogP contribution in [-0.4, -0.2) is 33.7 Å². The number of piperidine rings is 1. The Morgan fingerprint density at radius 3 is 2.71 bits per heavy atom. The fourth-order valence-electron chi connectivity index (χ4n) is 1.47. The number of carbonyl (C=O) groups is 3. The molecule has 0 saturated carbocycles. The first-order valence-electron chi connectivity index (χ1n) is 5.08. The van der Waals surface area contributed by atoms with Crippen molar-refractivity contribution in [1.82, 2.24) is 20.6 Å². The molecule has 1 saturated heterocycles. The molecular formula is C10H10N4O3. The molecule has 1 aliphatic rings. The van der Waals surface area contributed by atoms with E-state index in [-0.39, 0.29) is 18.2 Å². The number of aromatic nitrogens is 2. The van der Waals surface area contributed by atoms with E-state index >= 15 is 0 Å². The first kappa shape index (κ1) is 11.2. The zero-order valence-electron chi connectivity index (χ0n) is 8.84. The number of hydrogen-bond acceptors (Lipinski definition) is 5. The van der Waals surface area contributed by atoms with E-state index in [0.717, 1.165) is 0 Å². The largest absolute Gasteiger partial charge is 0.337 e. The summed E-state index contributed by atoms with van der Waals surface area (Å²) in [6, 6.07) is 0.881. The molecule has 0 radical (unpaired) electrons. The summed E-state index contributed by atoms with van der Waals surface area (Å²) in [7, 11) is 0. The molecule has 0 bridgehead atoms. The molecule has 0 aromatic carbocycles. The quantitative estimate of drug-likeness (QED) is 0.640. The molecule has 17 heavy (non-hydrogen) atoms. The Hall–Kier alpha value is -2.31. The Morgan fingerprint density at radius 2 is 2.06 bits per heavy atom. The maximum absolute atomic E-state index is 11.6. The molecule has 1 atom stereocenters. The highest BCUT2D eigenvalue weighted by molar-refractivity contribution is 6.02. The van der Waals surface area contributed by atoms with Gasteiger partial charge in [0.2, 0.25) is 17.6 Å². The number of amides is 3. The van der Waals surface area contributed by atoms with Gasteiger partial charge < -0.3 is 5.32 Å². The summed E-state index contributed by atoms with van der Waals surface area (Å²) in [5.41, 5.74) is 0. The van der Waals surface area contributed by atoms with Gasteiger partial charge in [0.15, 0.2) is 0 Å². The molecule has 1 aromatic heterocycles. The van der Waals surface area contributed by atoms with E-state index in [1.165, 1.54) is 12.4 Å². The molecule has 2 heterocycles. The molecule has 88 valence electrons. The van der Waals surface area contributed by atoms with Crippen LogP contribution < -0.4 is 10.6 Å². The van der Waals surface area contributed by atoms with Crippen molar-refractivity contribution in [2.45, 2.75) is 18.9 Å². The van der Waals surface area contributed by atoms with Gasteiger partial charge in [0, 0.05) is 18.8 Å². The predicted octanol–water partition coefficient (Wildman–Crippen LogP) is -0.988. The van der Waals surface area contributed by atoms with Crippen molar-refractivity contribution in [3.63, 3.8) is 0 Å². The second-order valence-electron chi connectivity index (χ2n) is 3.55. The molecule has 1 fully saturated rings. The van der Waals surface area contributed by atoms with Crippen LogP contribution in [0.4, 0.5) is 0 Å². The summed E-state index contributed by atoms with van der Waals surface area (Å²) >= 11 is 0. The van der Waals surface area contributed by atoms with Gasteiger partial charge in [-0.3, -0.25) is 19.7 Å². The van der Waals surface area contributed by atoms with Gasteiger partial charge in [-0.15, -0.1) is 0 Å². The fourth-order valence-corrected chi connectivity index (χ4v) is 1.47. The van der Waals surface area contributed by atoms with Crippen LogP contribution in [0.15, 0.2) is 18.5 Å². The molecule has 7 heteroatoms. The van der Waals surface area contributed by atoms with Crippen LogP contribution in [0.2, 0.25) is 0 Å². The number of carbonyl (C=O) groups excluding carboxylic acids is 3. The second-order valence-corrected chi connectivity index (χ2v) is 3.55. The normalized spacial score (nSPS) is 19.6. The first-order chi connectivity index (χ1) is 8.16. The summed E-state index contributed by atoms with van der Waals surface area (Å²) in [5, 5.41) is 4.63. The number of hydrogen-bond donors (Lipinski definition) is 2. The van der Waals surface area contributed by atoms with Crippen LogP contribution in [0.1, 0.15) is 23.5 Å². The third-order valence-electron chi connectivity index (χ3n) is 2.31. The minimum atomic E-state index is -0.705. The van der Waals surface area contributed by atoms with E-state index in [2.05, 4.69) is 20.6 Å². The Balaban J connectivity index is 2.00. The van der Waals surface area contributed by atoms with Crippen molar-refractivity contribution in [2.24, 2.45) is 0 Å². The Morgan fingerprint density at radius 1 is 1.35 bits per heavy atom. The van der Waals surface area contributed by atoms with Gasteiger partial charge in [-0.05, 0) is 12.5 Å². The Kier molecular flexibility index (Phi) is 3.08. The van der Waals surface area contributed by atoms with Crippen molar-refractivity contribution in [1.29, 1.82) is 0 Å². The third kappa shape index (κ3) is 2.63. The monoisotopic (exact) mass is 234 g/mol. The average Bonchev–Trinajstić information content (AvgIpc) is 2.34. The number of rotatable bonds is 2. The fraction of sp³-hybridized carbons (Fsp3) is 0.300. The van der Waals surface area contributed by atoms with E-state index in [1.807, 2.05) is 0 Å². The van der Waals surface area contributed by atoms with Crippen molar-refractivity contribution in [2.75, 3.05) is 0 Å². The molecule has 1 aliphatic heterocycles. The second kappa shape index (κ2) is 4.69. The molecule has 2 N–H and O–H groups in total.